The van der Waals surface area contributed by atoms with Gasteiger partial charge in [0.2, 0.25) is 11.5 Å². The van der Waals surface area contributed by atoms with Crippen molar-refractivity contribution in [3.8, 4) is 0 Å². The van der Waals surface area contributed by atoms with Gasteiger partial charge >= 0.3 is 0 Å². The number of para-hydroxylation sites is 1. The lowest BCUT2D eigenvalue weighted by Gasteiger charge is -2.55. The van der Waals surface area contributed by atoms with Gasteiger partial charge in [-0.2, -0.15) is 0 Å². The van der Waals surface area contributed by atoms with E-state index in [4.69, 9.17) is 4.84 Å². The highest BCUT2D eigenvalue weighted by molar-refractivity contribution is 9.10. The Hall–Kier alpha value is -4.52. The van der Waals surface area contributed by atoms with Crippen LogP contribution in [0, 0.1) is 12.3 Å². The van der Waals surface area contributed by atoms with Crippen LogP contribution in [0.5, 0.6) is 0 Å². The van der Waals surface area contributed by atoms with Crippen molar-refractivity contribution in [1.29, 1.82) is 0 Å². The van der Waals surface area contributed by atoms with E-state index in [0.29, 0.717) is 5.69 Å². The Balaban J connectivity index is 1.44. The lowest BCUT2D eigenvalue weighted by molar-refractivity contribution is -0.153. The van der Waals surface area contributed by atoms with Gasteiger partial charge in [0.05, 0.1) is 17.3 Å². The van der Waals surface area contributed by atoms with Crippen LogP contribution in [-0.4, -0.2) is 17.4 Å². The Labute approximate surface area is 263 Å². The number of anilines is 2. The summed E-state index contributed by atoms with van der Waals surface area (Å²) < 4.78 is 0.894. The predicted molar refractivity (Wildman–Crippen MR) is 172 cm³/mol. The van der Waals surface area contributed by atoms with Gasteiger partial charge in [0.25, 0.3) is 5.91 Å². The second kappa shape index (κ2) is 9.00. The zero-order valence-electron chi connectivity index (χ0n) is 23.9. The maximum absolute atomic E-state index is 15.7. The summed E-state index contributed by atoms with van der Waals surface area (Å²) in [5, 5.41) is 1.86. The lowest BCUT2D eigenvalue weighted by atomic mass is 9.43. The molecule has 6 heteroatoms. The van der Waals surface area contributed by atoms with Crippen molar-refractivity contribution in [1.82, 2.24) is 0 Å². The van der Waals surface area contributed by atoms with Crippen molar-refractivity contribution < 1.29 is 14.4 Å². The molecule has 0 spiro atoms. The van der Waals surface area contributed by atoms with Crippen LogP contribution in [0.4, 0.5) is 11.4 Å². The number of nitrogens with zero attached hydrogens (tertiary/aromatic N) is 2. The Morgan fingerprint density at radius 1 is 0.636 bits per heavy atom. The largest absolute Gasteiger partial charge is 0.273 e. The molecule has 3 aliphatic carbocycles. The van der Waals surface area contributed by atoms with Gasteiger partial charge in [0.1, 0.15) is 11.5 Å². The molecule has 2 bridgehead atoms. The minimum Gasteiger partial charge on any atom is -0.273 e. The highest BCUT2D eigenvalue weighted by Gasteiger charge is 2.87. The molecule has 5 aliphatic rings. The molecular weight excluding hydrogens is 612 g/mol. The first kappa shape index (κ1) is 25.9. The topological polar surface area (TPSA) is 49.9 Å². The molecule has 5 aromatic rings. The van der Waals surface area contributed by atoms with E-state index < -0.39 is 28.9 Å². The molecule has 0 radical (unpaired) electrons. The molecule has 2 fully saturated rings. The third-order valence-electron chi connectivity index (χ3n) is 10.1. The second-order valence-corrected chi connectivity index (χ2v) is 13.1. The van der Waals surface area contributed by atoms with Crippen LogP contribution >= 0.6 is 15.9 Å². The van der Waals surface area contributed by atoms with E-state index in [1.54, 1.807) is 0 Å². The zero-order chi connectivity index (χ0) is 29.8. The monoisotopic (exact) mass is 638 g/mol. The molecule has 0 aromatic heterocycles. The molecule has 5 aromatic carbocycles. The summed E-state index contributed by atoms with van der Waals surface area (Å²) in [6, 6.07) is 41.6. The number of carbonyl (C=O) groups excluding carboxylic acids is 2. The molecule has 2 heterocycles. The number of hydroxylamine groups is 1. The van der Waals surface area contributed by atoms with Gasteiger partial charge in [-0.1, -0.05) is 107 Å². The minimum atomic E-state index is -1.52. The molecule has 0 N–H and O–H groups in total. The fraction of sp³-hybridized carbons (Fsp3) is 0.158. The Kier molecular flexibility index (Phi) is 5.31. The number of benzene rings is 5. The zero-order valence-corrected chi connectivity index (χ0v) is 25.4. The number of carbonyl (C=O) groups is 2. The first-order valence-corrected chi connectivity index (χ1v) is 15.7. The van der Waals surface area contributed by atoms with E-state index in [0.717, 1.165) is 43.5 Å². The SMILES string of the molecule is Cc1cccc(N2C(=O)C34ON(c5ccccc5)C(c5cccc(Br)c5)C3(C2=O)C2c3ccccc3C4c3ccccc32)c1. The van der Waals surface area contributed by atoms with Gasteiger partial charge in [0.15, 0.2) is 0 Å². The molecule has 2 amide bonds. The minimum absolute atomic E-state index is 0.226. The van der Waals surface area contributed by atoms with E-state index >= 15 is 9.59 Å². The fourth-order valence-electron chi connectivity index (χ4n) is 8.71. The Morgan fingerprint density at radius 2 is 1.23 bits per heavy atom. The lowest BCUT2D eigenvalue weighted by Crippen LogP contribution is -2.63. The summed E-state index contributed by atoms with van der Waals surface area (Å²) in [6.07, 6.45) is 0. The number of halogens is 1. The van der Waals surface area contributed by atoms with Crippen LogP contribution in [0.15, 0.2) is 132 Å². The summed E-state index contributed by atoms with van der Waals surface area (Å²) >= 11 is 3.70. The average Bonchev–Trinajstić information content (AvgIpc) is 3.49. The van der Waals surface area contributed by atoms with Crippen molar-refractivity contribution in [3.05, 3.63) is 165 Å². The van der Waals surface area contributed by atoms with Crippen molar-refractivity contribution >= 4 is 39.1 Å². The predicted octanol–water partition coefficient (Wildman–Crippen LogP) is 7.84. The average molecular weight is 640 g/mol. The van der Waals surface area contributed by atoms with Crippen molar-refractivity contribution in [2.45, 2.75) is 30.4 Å². The van der Waals surface area contributed by atoms with E-state index in [1.807, 2.05) is 109 Å². The normalized spacial score (nSPS) is 27.6. The van der Waals surface area contributed by atoms with Crippen LogP contribution in [0.3, 0.4) is 0 Å². The molecule has 10 rings (SSSR count). The van der Waals surface area contributed by atoms with Crippen molar-refractivity contribution in [2.24, 2.45) is 5.41 Å². The molecule has 3 unspecified atom stereocenters. The van der Waals surface area contributed by atoms with Crippen LogP contribution in [0.1, 0.15) is 51.3 Å². The van der Waals surface area contributed by atoms with E-state index in [2.05, 4.69) is 46.3 Å². The number of hydrogen-bond acceptors (Lipinski definition) is 4. The molecule has 2 saturated heterocycles. The van der Waals surface area contributed by atoms with Gasteiger partial charge in [-0.3, -0.25) is 14.4 Å². The number of hydrogen-bond donors (Lipinski definition) is 0. The van der Waals surface area contributed by atoms with Crippen LogP contribution < -0.4 is 9.96 Å². The summed E-state index contributed by atoms with van der Waals surface area (Å²) in [4.78, 5) is 39.8. The maximum atomic E-state index is 15.7. The number of imide groups is 1. The number of aryl methyl sites for hydroxylation is 1. The molecule has 2 aliphatic heterocycles. The molecule has 3 atom stereocenters. The first-order chi connectivity index (χ1) is 21.5. The highest BCUT2D eigenvalue weighted by Crippen LogP contribution is 2.77. The summed E-state index contributed by atoms with van der Waals surface area (Å²) in [7, 11) is 0. The number of rotatable bonds is 3. The summed E-state index contributed by atoms with van der Waals surface area (Å²) in [5.74, 6) is -1.46. The van der Waals surface area contributed by atoms with Gasteiger partial charge in [-0.15, -0.1) is 0 Å². The molecule has 44 heavy (non-hydrogen) atoms. The van der Waals surface area contributed by atoms with Gasteiger partial charge in [-0.25, -0.2) is 9.96 Å². The van der Waals surface area contributed by atoms with Crippen LogP contribution in [0.2, 0.25) is 0 Å². The third-order valence-corrected chi connectivity index (χ3v) is 10.6. The van der Waals surface area contributed by atoms with E-state index in [1.165, 1.54) is 4.90 Å². The second-order valence-electron chi connectivity index (χ2n) is 12.2. The molecular formula is C38H27BrN2O3. The summed E-state index contributed by atoms with van der Waals surface area (Å²) in [6.45, 7) is 1.98. The van der Waals surface area contributed by atoms with Gasteiger partial charge < -0.3 is 0 Å². The van der Waals surface area contributed by atoms with E-state index in [-0.39, 0.29) is 11.8 Å². The fourth-order valence-corrected chi connectivity index (χ4v) is 9.12. The molecule has 0 saturated carbocycles. The molecule has 5 nitrogen and oxygen atoms in total. The number of amides is 2. The maximum Gasteiger partial charge on any atom is 0.271 e. The smallest absolute Gasteiger partial charge is 0.271 e. The highest BCUT2D eigenvalue weighted by atomic mass is 79.9. The quantitative estimate of drug-likeness (QED) is 0.189. The Morgan fingerprint density at radius 3 is 1.86 bits per heavy atom. The van der Waals surface area contributed by atoms with Gasteiger partial charge in [-0.05, 0) is 76.7 Å². The van der Waals surface area contributed by atoms with Gasteiger partial charge in [0, 0.05) is 10.4 Å². The van der Waals surface area contributed by atoms with Crippen molar-refractivity contribution in [3.63, 3.8) is 0 Å². The third kappa shape index (κ3) is 2.98. The van der Waals surface area contributed by atoms with Crippen LogP contribution in [-0.2, 0) is 14.4 Å². The molecule has 214 valence electrons. The van der Waals surface area contributed by atoms with Crippen LogP contribution in [0.25, 0.3) is 0 Å². The van der Waals surface area contributed by atoms with E-state index in [9.17, 15) is 0 Å². The van der Waals surface area contributed by atoms with Crippen molar-refractivity contribution in [2.75, 3.05) is 9.96 Å². The first-order valence-electron chi connectivity index (χ1n) is 14.9. The summed E-state index contributed by atoms with van der Waals surface area (Å²) in [5.41, 5.74) is 4.66. The standard InChI is InChI=1S/C38H27BrN2O3/c1-23-11-9-16-27(21-23)40-35(42)37-32-28-17-5-7-19-30(28)33(31-20-8-6-18-29(31)32)38(37,36(40)43)44-41(26-14-3-2-4-15-26)34(37)24-12-10-13-25(39)22-24/h2-22,32-34H,1H3. The Bertz CT molecular complexity index is 1980.